The molecule has 0 radical (unpaired) electrons. The summed E-state index contributed by atoms with van der Waals surface area (Å²) >= 11 is 0.884. The maximum atomic E-state index is 12.6. The van der Waals surface area contributed by atoms with Crippen molar-refractivity contribution in [2.45, 2.75) is 24.0 Å². The minimum atomic E-state index is -3.58. The molecule has 1 aromatic rings. The highest BCUT2D eigenvalue weighted by Gasteiger charge is 2.30. The van der Waals surface area contributed by atoms with Crippen molar-refractivity contribution in [2.24, 2.45) is 5.92 Å². The second-order valence-electron chi connectivity index (χ2n) is 5.76. The summed E-state index contributed by atoms with van der Waals surface area (Å²) in [6, 6.07) is 2.85. The summed E-state index contributed by atoms with van der Waals surface area (Å²) in [6.07, 6.45) is 1.66. The molecule has 0 aliphatic carbocycles. The van der Waals surface area contributed by atoms with Crippen molar-refractivity contribution in [2.75, 3.05) is 26.7 Å². The van der Waals surface area contributed by atoms with Crippen molar-refractivity contribution < 1.29 is 23.1 Å². The number of carboxylic acid groups (broad SMARTS) is 1. The van der Waals surface area contributed by atoms with Gasteiger partial charge in [-0.25, -0.2) is 8.42 Å². The fraction of sp³-hybridized carbons (Fsp3) is 0.571. The molecule has 0 bridgehead atoms. The van der Waals surface area contributed by atoms with E-state index in [0.29, 0.717) is 19.0 Å². The third-order valence-corrected chi connectivity index (χ3v) is 7.29. The zero-order chi connectivity index (χ0) is 17.2. The third-order valence-electron chi connectivity index (χ3n) is 3.85. The smallest absolute Gasteiger partial charge is 0.323 e. The maximum Gasteiger partial charge on any atom is 0.323 e. The molecule has 1 aliphatic heterocycles. The quantitative estimate of drug-likeness (QED) is 0.855. The molecule has 0 saturated carbocycles. The number of aliphatic carboxylic acids is 1. The molecule has 1 amide bonds. The lowest BCUT2D eigenvalue weighted by molar-refractivity contribution is -0.137. The molecule has 1 fully saturated rings. The Labute approximate surface area is 139 Å². The van der Waals surface area contributed by atoms with E-state index in [1.165, 1.54) is 23.5 Å². The normalized spacial score (nSPS) is 17.1. The van der Waals surface area contributed by atoms with E-state index in [-0.39, 0.29) is 9.09 Å². The van der Waals surface area contributed by atoms with Crippen LogP contribution in [-0.2, 0) is 14.8 Å². The molecule has 1 saturated heterocycles. The number of nitrogens with zero attached hydrogens (tertiary/aromatic N) is 2. The summed E-state index contributed by atoms with van der Waals surface area (Å²) in [5.74, 6) is -1.09. The first-order chi connectivity index (χ1) is 10.7. The van der Waals surface area contributed by atoms with Gasteiger partial charge in [-0.2, -0.15) is 4.31 Å². The molecule has 0 aromatic carbocycles. The van der Waals surface area contributed by atoms with Gasteiger partial charge in [-0.05, 0) is 30.9 Å². The van der Waals surface area contributed by atoms with Crippen LogP contribution in [0.4, 0.5) is 0 Å². The maximum absolute atomic E-state index is 12.6. The fourth-order valence-corrected chi connectivity index (χ4v) is 5.31. The number of amides is 1. The highest BCUT2D eigenvalue weighted by Crippen LogP contribution is 2.28. The topological polar surface area (TPSA) is 95.0 Å². The van der Waals surface area contributed by atoms with Crippen LogP contribution < -0.4 is 0 Å². The van der Waals surface area contributed by atoms with E-state index < -0.39 is 28.4 Å². The van der Waals surface area contributed by atoms with E-state index in [0.717, 1.165) is 29.1 Å². The molecule has 9 heteroatoms. The van der Waals surface area contributed by atoms with Crippen molar-refractivity contribution >= 4 is 33.2 Å². The van der Waals surface area contributed by atoms with Crippen molar-refractivity contribution in [1.82, 2.24) is 9.21 Å². The van der Waals surface area contributed by atoms with Crippen LogP contribution in [0.2, 0.25) is 0 Å². The molecule has 2 heterocycles. The lowest BCUT2D eigenvalue weighted by Crippen LogP contribution is -2.37. The molecule has 23 heavy (non-hydrogen) atoms. The molecular formula is C14H20N2O5S2. The summed E-state index contributed by atoms with van der Waals surface area (Å²) in [4.78, 5) is 24.0. The zero-order valence-electron chi connectivity index (χ0n) is 13.1. The van der Waals surface area contributed by atoms with E-state index >= 15 is 0 Å². The number of carboxylic acids is 1. The summed E-state index contributed by atoms with van der Waals surface area (Å²) < 4.78 is 26.8. The highest BCUT2D eigenvalue weighted by atomic mass is 32.2. The summed E-state index contributed by atoms with van der Waals surface area (Å²) in [5.41, 5.74) is 0. The van der Waals surface area contributed by atoms with Gasteiger partial charge in [-0.3, -0.25) is 9.59 Å². The van der Waals surface area contributed by atoms with Crippen LogP contribution in [0.15, 0.2) is 16.3 Å². The predicted octanol–water partition coefficient (Wildman–Crippen LogP) is 1.33. The molecule has 1 N–H and O–H groups in total. The minimum Gasteiger partial charge on any atom is -0.480 e. The third kappa shape index (κ3) is 4.10. The van der Waals surface area contributed by atoms with E-state index in [9.17, 15) is 18.0 Å². The number of rotatable bonds is 5. The number of hydrogen-bond donors (Lipinski definition) is 1. The Morgan fingerprint density at radius 2 is 1.96 bits per heavy atom. The van der Waals surface area contributed by atoms with Crippen molar-refractivity contribution in [3.8, 4) is 0 Å². The van der Waals surface area contributed by atoms with E-state index in [1.54, 1.807) is 0 Å². The number of piperidine rings is 1. The van der Waals surface area contributed by atoms with Crippen molar-refractivity contribution in [1.29, 1.82) is 0 Å². The minimum absolute atomic E-state index is 0.124. The lowest BCUT2D eigenvalue weighted by atomic mass is 10.0. The Balaban J connectivity index is 2.15. The Bertz CT molecular complexity index is 690. The van der Waals surface area contributed by atoms with Gasteiger partial charge in [0.1, 0.15) is 10.8 Å². The molecule has 1 aliphatic rings. The van der Waals surface area contributed by atoms with Crippen LogP contribution in [0.5, 0.6) is 0 Å². The molecular weight excluding hydrogens is 340 g/mol. The van der Waals surface area contributed by atoms with Crippen LogP contribution in [0.3, 0.4) is 0 Å². The van der Waals surface area contributed by atoms with Gasteiger partial charge in [0.15, 0.2) is 0 Å². The lowest BCUT2D eigenvalue weighted by Gasteiger charge is -2.28. The molecule has 2 rings (SSSR count). The average molecular weight is 360 g/mol. The number of carbonyl (C=O) groups excluding carboxylic acids is 1. The molecule has 0 unspecified atom stereocenters. The van der Waals surface area contributed by atoms with Crippen molar-refractivity contribution in [3.63, 3.8) is 0 Å². The molecule has 7 nitrogen and oxygen atoms in total. The fourth-order valence-electron chi connectivity index (χ4n) is 2.39. The number of likely N-dealkylation sites (N-methyl/N-ethyl adjacent to an activating group) is 1. The molecule has 128 valence electrons. The van der Waals surface area contributed by atoms with Gasteiger partial charge in [-0.15, -0.1) is 11.3 Å². The second kappa shape index (κ2) is 6.98. The number of hydrogen-bond acceptors (Lipinski definition) is 5. The van der Waals surface area contributed by atoms with Crippen LogP contribution in [0, 0.1) is 5.92 Å². The zero-order valence-corrected chi connectivity index (χ0v) is 14.7. The summed E-state index contributed by atoms with van der Waals surface area (Å²) in [7, 11) is -2.21. The van der Waals surface area contributed by atoms with Crippen LogP contribution in [0.25, 0.3) is 0 Å². The number of thiophene rings is 1. The Hall–Kier alpha value is -1.45. The van der Waals surface area contributed by atoms with Crippen LogP contribution in [-0.4, -0.2) is 61.3 Å². The largest absolute Gasteiger partial charge is 0.480 e. The number of sulfonamides is 1. The van der Waals surface area contributed by atoms with Gasteiger partial charge in [0.05, 0.1) is 4.88 Å². The van der Waals surface area contributed by atoms with Crippen LogP contribution in [0.1, 0.15) is 29.4 Å². The average Bonchev–Trinajstić information content (AvgIpc) is 2.96. The van der Waals surface area contributed by atoms with Gasteiger partial charge in [0.25, 0.3) is 15.9 Å². The first-order valence-corrected chi connectivity index (χ1v) is 9.54. The van der Waals surface area contributed by atoms with Crippen LogP contribution >= 0.6 is 11.3 Å². The van der Waals surface area contributed by atoms with E-state index in [1.807, 2.05) is 0 Å². The Morgan fingerprint density at radius 3 is 2.52 bits per heavy atom. The van der Waals surface area contributed by atoms with Gasteiger partial charge in [0, 0.05) is 20.1 Å². The Kier molecular flexibility index (Phi) is 5.43. The standard InChI is InChI=1S/C14H20N2O5S2/c1-10-5-7-16(8-6-10)23(20,21)13-4-3-11(22-13)14(19)15(2)9-12(17)18/h3-4,10H,5-9H2,1-2H3,(H,17,18). The van der Waals surface area contributed by atoms with Gasteiger partial charge >= 0.3 is 5.97 Å². The summed E-state index contributed by atoms with van der Waals surface area (Å²) in [5, 5.41) is 8.71. The predicted molar refractivity (Wildman–Crippen MR) is 86.1 cm³/mol. The van der Waals surface area contributed by atoms with E-state index in [4.69, 9.17) is 5.11 Å². The second-order valence-corrected chi connectivity index (χ2v) is 9.01. The van der Waals surface area contributed by atoms with E-state index in [2.05, 4.69) is 6.92 Å². The number of carbonyl (C=O) groups is 2. The SMILES string of the molecule is CC1CCN(S(=O)(=O)c2ccc(C(=O)N(C)CC(=O)O)s2)CC1. The summed E-state index contributed by atoms with van der Waals surface area (Å²) in [6.45, 7) is 2.65. The molecule has 1 aromatic heterocycles. The molecule has 0 spiro atoms. The van der Waals surface area contributed by atoms with Gasteiger partial charge in [0.2, 0.25) is 0 Å². The molecule has 0 atom stereocenters. The van der Waals surface area contributed by atoms with Gasteiger partial charge < -0.3 is 10.0 Å². The van der Waals surface area contributed by atoms with Gasteiger partial charge in [-0.1, -0.05) is 6.92 Å². The Morgan fingerprint density at radius 1 is 1.35 bits per heavy atom. The monoisotopic (exact) mass is 360 g/mol. The van der Waals surface area contributed by atoms with Crippen molar-refractivity contribution in [3.05, 3.63) is 17.0 Å². The first-order valence-electron chi connectivity index (χ1n) is 7.29. The first kappa shape index (κ1) is 17.9. The highest BCUT2D eigenvalue weighted by molar-refractivity contribution is 7.91.